The van der Waals surface area contributed by atoms with E-state index in [1.165, 1.54) is 16.7 Å². The fraction of sp³-hybridized carbons (Fsp3) is 0.101. The molecular formula is C99H79Al7N9O12. The lowest BCUT2D eigenvalue weighted by atomic mass is 10.1. The predicted octanol–water partition coefficient (Wildman–Crippen LogP) is 21.5. The van der Waals surface area contributed by atoms with Gasteiger partial charge in [0.25, 0.3) is 0 Å². The van der Waals surface area contributed by atoms with Gasteiger partial charge < -0.3 is 43.6 Å². The third-order valence-electron chi connectivity index (χ3n) is 19.5. The molecule has 0 saturated carbocycles. The van der Waals surface area contributed by atoms with Crippen molar-refractivity contribution in [2.45, 2.75) is 69.2 Å². The van der Waals surface area contributed by atoms with E-state index >= 15 is 0 Å². The maximum absolute atomic E-state index is 9.30. The first-order valence-electron chi connectivity index (χ1n) is 40.4. The molecule has 28 heteroatoms. The number of rotatable bonds is 25. The molecule has 0 aliphatic carbocycles. The Bertz CT molecular complexity index is 6800. The van der Waals surface area contributed by atoms with Gasteiger partial charge in [0, 0.05) is 83.1 Å². The van der Waals surface area contributed by atoms with E-state index in [1.807, 2.05) is 273 Å². The molecule has 7 aromatic heterocycles. The van der Waals surface area contributed by atoms with Crippen LogP contribution in [0, 0.1) is 87.1 Å². The largest absolute Gasteiger partial charge is 0.881 e. The summed E-state index contributed by atoms with van der Waals surface area (Å²) >= 11 is -4.97. The molecular weight excluding hydrogens is 1700 g/mol. The Morgan fingerprint density at radius 3 is 1.09 bits per heavy atom. The Labute approximate surface area is 784 Å². The maximum Gasteiger partial charge on any atom is 0.881 e. The van der Waals surface area contributed by atoms with E-state index < -0.39 is 111 Å². The number of hydrogen-bond donors (Lipinski definition) is 0. The van der Waals surface area contributed by atoms with Crippen LogP contribution >= 0.6 is 0 Å². The summed E-state index contributed by atoms with van der Waals surface area (Å²) < 4.78 is 69.8. The monoisotopic (exact) mass is 1770 g/mol. The number of benzene rings is 11. The second-order valence-electron chi connectivity index (χ2n) is 29.1. The smallest absolute Gasteiger partial charge is 0.626 e. The van der Waals surface area contributed by atoms with Gasteiger partial charge in [0.2, 0.25) is 0 Å². The van der Waals surface area contributed by atoms with Gasteiger partial charge in [-0.15, -0.1) is 0 Å². The number of nitriles is 1. The molecule has 127 heavy (non-hydrogen) atoms. The van der Waals surface area contributed by atoms with Gasteiger partial charge in [0.15, 0.2) is 5.69 Å². The Morgan fingerprint density at radius 2 is 0.614 bits per heavy atom. The van der Waals surface area contributed by atoms with Crippen LogP contribution in [0.4, 0.5) is 5.69 Å². The highest BCUT2D eigenvalue weighted by molar-refractivity contribution is 6.36. The molecule has 0 saturated heterocycles. The van der Waals surface area contributed by atoms with E-state index in [-0.39, 0.29) is 0 Å². The number of fused-ring (bicyclic) bond motifs is 7. The summed E-state index contributed by atoms with van der Waals surface area (Å²) in [6, 6.07) is 98.7. The van der Waals surface area contributed by atoms with Crippen molar-refractivity contribution >= 4 is 193 Å². The van der Waals surface area contributed by atoms with Crippen LogP contribution in [-0.2, 0) is 5.68 Å². The summed E-state index contributed by atoms with van der Waals surface area (Å²) in [4.78, 5) is 35.5. The summed E-state index contributed by atoms with van der Waals surface area (Å²) in [6.45, 7) is 27.2. The lowest BCUT2D eigenvalue weighted by molar-refractivity contribution is 0.419. The van der Waals surface area contributed by atoms with Crippen LogP contribution < -0.4 is 37.9 Å². The van der Waals surface area contributed by atoms with Crippen LogP contribution in [0.2, 0.25) is 0 Å². The van der Waals surface area contributed by atoms with Crippen molar-refractivity contribution < 1.29 is 43.6 Å². The van der Waals surface area contributed by atoms with Crippen LogP contribution in [-0.4, -0.2) is 146 Å². The quantitative estimate of drug-likeness (QED) is 0.0294. The molecule has 7 radical (unpaired) electrons. The number of aromatic nitrogens is 7. The van der Waals surface area contributed by atoms with E-state index in [4.69, 9.17) is 50.1 Å². The molecule has 11 aromatic carbocycles. The van der Waals surface area contributed by atoms with Crippen molar-refractivity contribution in [3.63, 3.8) is 0 Å². The highest BCUT2D eigenvalue weighted by Gasteiger charge is 2.20. The van der Waals surface area contributed by atoms with Gasteiger partial charge in [-0.2, -0.15) is 5.26 Å². The standard InChI is InChI=1S/C12H10O.2C11H8N2O.C11H11NO.4C10H9NO.C8H10O.C6H6O.7Al.2O/c13-12-9-5-4-8-11(12)10-6-2-1-3-7-10;1-7-3-4-8-9(12-2)5-6-10(14)11(8)13-7;1-7-2-4-9-8(6-12)3-5-10(14)11(9)13-7;1-7-6-8(2)12-11-9(7)4-3-5-10(11)13;4*1-7-5-6-8-3-2-4-9(12)10(8)11-7;1-6-3-7(2)5-8(9)4-6;7-6-4-2-1-3-5-6;;;;;;;;;/h1-9,13H;3-6,14H,1H3;2-5,14H,1H3;3-6,13H,1-2H3;4*2-6,12H,1H3;3-5,9H,1-2H3;1-5,7H;;;;;;;;;/q;;;;;;;;;;4*+1;3*+2;;/p-10. The molecule has 0 atom stereocenters. The maximum atomic E-state index is 9.30. The van der Waals surface area contributed by atoms with E-state index in [9.17, 15) is 5.26 Å². The molecule has 0 unspecified atom stereocenters. The lowest BCUT2D eigenvalue weighted by Gasteiger charge is -2.13. The summed E-state index contributed by atoms with van der Waals surface area (Å²) in [6.07, 6.45) is 0. The van der Waals surface area contributed by atoms with Crippen molar-refractivity contribution in [3.8, 4) is 74.7 Å². The van der Waals surface area contributed by atoms with Gasteiger partial charge in [-0.05, 0) is 219 Å². The average molecular weight is 1780 g/mol. The molecule has 0 spiro atoms. The number of hydrogen-bond acceptors (Lipinski definition) is 20. The van der Waals surface area contributed by atoms with E-state index in [1.54, 1.807) is 24.3 Å². The Kier molecular flexibility index (Phi) is 32.6. The highest BCUT2D eigenvalue weighted by atomic mass is 27.3. The van der Waals surface area contributed by atoms with Crippen molar-refractivity contribution in [1.82, 2.24) is 34.9 Å². The molecule has 0 aliphatic heterocycles. The minimum atomic E-state index is -0.831. The topological polar surface area (TPSA) is 229 Å². The van der Waals surface area contributed by atoms with E-state index in [0.29, 0.717) is 33.8 Å². The molecule has 0 bridgehead atoms. The zero-order valence-electron chi connectivity index (χ0n) is 71.3. The van der Waals surface area contributed by atoms with Crippen LogP contribution in [0.25, 0.3) is 92.3 Å². The second kappa shape index (κ2) is 45.4. The molecule has 0 amide bonds. The molecule has 21 nitrogen and oxygen atoms in total. The number of pyridine rings is 7. The fourth-order valence-electron chi connectivity index (χ4n) is 13.5. The Balaban J connectivity index is 0.000000129. The summed E-state index contributed by atoms with van der Waals surface area (Å²) in [5.74, 6) is 7.49. The van der Waals surface area contributed by atoms with E-state index in [0.717, 1.165) is 162 Å². The van der Waals surface area contributed by atoms with Gasteiger partial charge >= 0.3 is 111 Å². The van der Waals surface area contributed by atoms with Crippen molar-refractivity contribution in [2.75, 3.05) is 0 Å². The molecule has 0 N–H and O–H groups in total. The third-order valence-corrected chi connectivity index (χ3v) is 24.8. The molecule has 18 rings (SSSR count). The number of para-hydroxylation sites is 7. The minimum absolute atomic E-state index is 0.537. The predicted molar refractivity (Wildman–Crippen MR) is 504 cm³/mol. The Hall–Kier alpha value is -12.1. The first-order chi connectivity index (χ1) is 62.0. The third kappa shape index (κ3) is 25.0. The first kappa shape index (κ1) is 91.1. The summed E-state index contributed by atoms with van der Waals surface area (Å²) in [7, 11) is 0. The molecule has 613 valence electrons. The fourth-order valence-corrected chi connectivity index (χ4v) is 17.8. The molecule has 7 heterocycles. The van der Waals surface area contributed by atoms with Crippen LogP contribution in [0.15, 0.2) is 297 Å². The zero-order chi connectivity index (χ0) is 88.4. The van der Waals surface area contributed by atoms with Gasteiger partial charge in [-0.3, -0.25) is 4.98 Å². The first-order valence-corrected chi connectivity index (χ1v) is 47.0. The number of nitrogens with zero attached hydrogens (tertiary/aromatic N) is 9. The van der Waals surface area contributed by atoms with E-state index in [2.05, 4.69) is 115 Å². The Morgan fingerprint density at radius 1 is 0.268 bits per heavy atom. The van der Waals surface area contributed by atoms with Crippen LogP contribution in [0.1, 0.15) is 62.1 Å². The number of aryl methyl sites for hydroxylation is 10. The molecule has 0 aliphatic rings. The SMILES string of the molecule is Cc1cc(C)cc([O][Al][O]c2cccc3c(C)cc(C)nc23)c1.Cc1ccc2cccc([O][Al][O][Al][O]c3cccc4ccc(C)nc34)c2n1.Cc1ccc2cccc([O][Al][O]c3ccccc3)c2n1.Cc1ccc2cccc([O][Al][O]c3ccccc3-c3ccccc3)c2n1.[C-]#[N+]c1ccc([O][Al][O][Al][O]c2ccc(C#N)c3ccc(C)nc23)c2nc(C)ccc12. The minimum Gasteiger partial charge on any atom is -0.626 e. The molecule has 18 aromatic rings. The van der Waals surface area contributed by atoms with Crippen molar-refractivity contribution in [1.29, 1.82) is 5.26 Å². The van der Waals surface area contributed by atoms with Crippen LogP contribution in [0.5, 0.6) is 57.5 Å². The average Bonchev–Trinajstić information content (AvgIpc) is 0.802. The summed E-state index contributed by atoms with van der Waals surface area (Å²) in [5.41, 5.74) is 19.1. The normalized spacial score (nSPS) is 10.5. The van der Waals surface area contributed by atoms with Crippen molar-refractivity contribution in [2.24, 2.45) is 0 Å². The van der Waals surface area contributed by atoms with Gasteiger partial charge in [-0.25, -0.2) is 34.7 Å². The highest BCUT2D eigenvalue weighted by Crippen LogP contribution is 2.36. The molecule has 0 fully saturated rings. The van der Waals surface area contributed by atoms with Gasteiger partial charge in [0.1, 0.15) is 73.3 Å². The van der Waals surface area contributed by atoms with Crippen LogP contribution in [0.3, 0.4) is 0 Å². The zero-order valence-corrected chi connectivity index (χ0v) is 79.3. The van der Waals surface area contributed by atoms with Gasteiger partial charge in [0.05, 0.1) is 41.0 Å². The summed E-state index contributed by atoms with van der Waals surface area (Å²) in [5, 5.41) is 16.2. The van der Waals surface area contributed by atoms with Gasteiger partial charge in [-0.1, -0.05) is 170 Å². The second-order valence-corrected chi connectivity index (χ2v) is 35.0. The van der Waals surface area contributed by atoms with Crippen molar-refractivity contribution in [3.05, 3.63) is 371 Å². The lowest BCUT2D eigenvalue weighted by Crippen LogP contribution is -2.16.